The van der Waals surface area contributed by atoms with E-state index in [1.54, 1.807) is 0 Å². The third kappa shape index (κ3) is 5.58. The molecule has 0 spiro atoms. The third-order valence-corrected chi connectivity index (χ3v) is 6.14. The van der Waals surface area contributed by atoms with Crippen molar-refractivity contribution < 1.29 is 9.84 Å². The van der Waals surface area contributed by atoms with Crippen LogP contribution in [0.2, 0.25) is 0 Å². The molecule has 2 aromatic carbocycles. The minimum atomic E-state index is -0.458. The number of β-amino-alcohol motifs (C(OH)–C–C–N with tert-alkyl or cyclic N) is 1. The first kappa shape index (κ1) is 20.4. The van der Waals surface area contributed by atoms with Gasteiger partial charge in [-0.2, -0.15) is 0 Å². The lowest BCUT2D eigenvalue weighted by Crippen LogP contribution is -2.47. The highest BCUT2D eigenvalue weighted by Crippen LogP contribution is 2.45. The quantitative estimate of drug-likeness (QED) is 0.683. The van der Waals surface area contributed by atoms with E-state index >= 15 is 0 Å². The van der Waals surface area contributed by atoms with Crippen LogP contribution in [0, 0.1) is 0 Å². The van der Waals surface area contributed by atoms with Crippen molar-refractivity contribution in [2.75, 3.05) is 46.4 Å². The molecule has 1 aliphatic heterocycles. The fourth-order valence-electron chi connectivity index (χ4n) is 4.00. The Bertz CT molecular complexity index is 753. The maximum atomic E-state index is 10.3. The zero-order valence-electron chi connectivity index (χ0n) is 17.4. The Balaban J connectivity index is 1.20. The summed E-state index contributed by atoms with van der Waals surface area (Å²) in [4.78, 5) is 4.63. The van der Waals surface area contributed by atoms with Crippen molar-refractivity contribution in [2.24, 2.45) is 0 Å². The van der Waals surface area contributed by atoms with E-state index in [-0.39, 0.29) is 5.54 Å². The predicted octanol–water partition coefficient (Wildman–Crippen LogP) is 2.45. The van der Waals surface area contributed by atoms with Gasteiger partial charge in [0.05, 0.1) is 0 Å². The highest BCUT2D eigenvalue weighted by atomic mass is 16.5. The highest BCUT2D eigenvalue weighted by Gasteiger charge is 2.43. The van der Waals surface area contributed by atoms with Gasteiger partial charge >= 0.3 is 0 Å². The Labute approximate surface area is 174 Å². The molecule has 2 aliphatic rings. The van der Waals surface area contributed by atoms with Crippen molar-refractivity contribution in [2.45, 2.75) is 31.0 Å². The number of aliphatic hydroxyl groups is 1. The molecule has 156 valence electrons. The average Bonchev–Trinajstić information content (AvgIpc) is 3.55. The van der Waals surface area contributed by atoms with Crippen LogP contribution in [0.1, 0.15) is 24.0 Å². The molecule has 2 aromatic rings. The molecule has 1 aliphatic carbocycles. The van der Waals surface area contributed by atoms with Gasteiger partial charge in [-0.05, 0) is 43.1 Å². The molecule has 1 unspecified atom stereocenters. The van der Waals surface area contributed by atoms with Gasteiger partial charge in [0, 0.05) is 44.8 Å². The van der Waals surface area contributed by atoms with Gasteiger partial charge in [-0.3, -0.25) is 4.90 Å². The van der Waals surface area contributed by atoms with Crippen molar-refractivity contribution in [1.29, 1.82) is 0 Å². The van der Waals surface area contributed by atoms with Crippen molar-refractivity contribution >= 4 is 0 Å². The Morgan fingerprint density at radius 1 is 1.00 bits per heavy atom. The van der Waals surface area contributed by atoms with E-state index in [9.17, 15) is 5.11 Å². The van der Waals surface area contributed by atoms with Crippen LogP contribution >= 0.6 is 0 Å². The molecule has 0 aromatic heterocycles. The first-order valence-corrected chi connectivity index (χ1v) is 10.7. The molecule has 0 bridgehead atoms. The Morgan fingerprint density at radius 2 is 1.69 bits per heavy atom. The SMILES string of the molecule is CN1CCN(CC(O)COc2ccc(CNC3(c4ccccc4)CC3)cc2)CC1. The van der Waals surface area contributed by atoms with Gasteiger partial charge in [0.25, 0.3) is 0 Å². The van der Waals surface area contributed by atoms with E-state index in [1.807, 2.05) is 12.1 Å². The third-order valence-electron chi connectivity index (χ3n) is 6.14. The van der Waals surface area contributed by atoms with Crippen LogP contribution in [0.3, 0.4) is 0 Å². The van der Waals surface area contributed by atoms with Crippen LogP contribution in [0.25, 0.3) is 0 Å². The molecule has 4 rings (SSSR count). The van der Waals surface area contributed by atoms with E-state index in [0.717, 1.165) is 38.5 Å². The first-order valence-electron chi connectivity index (χ1n) is 10.7. The summed E-state index contributed by atoms with van der Waals surface area (Å²) in [5.41, 5.74) is 2.79. The smallest absolute Gasteiger partial charge is 0.119 e. The molecule has 1 saturated heterocycles. The van der Waals surface area contributed by atoms with Crippen LogP contribution in [0.5, 0.6) is 5.75 Å². The summed E-state index contributed by atoms with van der Waals surface area (Å²) in [6.45, 7) is 6.02. The van der Waals surface area contributed by atoms with E-state index in [0.29, 0.717) is 13.2 Å². The second kappa shape index (κ2) is 9.26. The minimum Gasteiger partial charge on any atom is -0.491 e. The van der Waals surface area contributed by atoms with Crippen LogP contribution in [0.4, 0.5) is 0 Å². The van der Waals surface area contributed by atoms with E-state index in [4.69, 9.17) is 4.74 Å². The van der Waals surface area contributed by atoms with Crippen molar-refractivity contribution in [1.82, 2.24) is 15.1 Å². The summed E-state index contributed by atoms with van der Waals surface area (Å²) in [5.74, 6) is 0.815. The Hall–Kier alpha value is -1.92. The molecule has 1 heterocycles. The fraction of sp³-hybridized carbons (Fsp3) is 0.500. The molecule has 0 radical (unpaired) electrons. The molecule has 1 atom stereocenters. The van der Waals surface area contributed by atoms with Crippen molar-refractivity contribution in [3.8, 4) is 5.75 Å². The maximum Gasteiger partial charge on any atom is 0.119 e. The summed E-state index contributed by atoms with van der Waals surface area (Å²) in [6.07, 6.45) is 1.94. The van der Waals surface area contributed by atoms with Crippen LogP contribution < -0.4 is 10.1 Å². The van der Waals surface area contributed by atoms with Gasteiger partial charge in [0.15, 0.2) is 0 Å². The van der Waals surface area contributed by atoms with Crippen LogP contribution in [-0.2, 0) is 12.1 Å². The van der Waals surface area contributed by atoms with Gasteiger partial charge in [-0.25, -0.2) is 0 Å². The number of rotatable bonds is 9. The largest absolute Gasteiger partial charge is 0.491 e. The van der Waals surface area contributed by atoms with E-state index in [1.165, 1.54) is 24.0 Å². The summed E-state index contributed by atoms with van der Waals surface area (Å²) < 4.78 is 5.81. The Morgan fingerprint density at radius 3 is 2.34 bits per heavy atom. The average molecular weight is 396 g/mol. The second-order valence-corrected chi connectivity index (χ2v) is 8.51. The molecular weight excluding hydrogens is 362 g/mol. The first-order chi connectivity index (χ1) is 14.1. The number of ether oxygens (including phenoxy) is 1. The molecule has 2 N–H and O–H groups in total. The molecule has 5 heteroatoms. The number of likely N-dealkylation sites (N-methyl/N-ethyl adjacent to an activating group) is 1. The monoisotopic (exact) mass is 395 g/mol. The lowest BCUT2D eigenvalue weighted by molar-refractivity contribution is 0.0505. The number of hydrogen-bond acceptors (Lipinski definition) is 5. The molecule has 1 saturated carbocycles. The van der Waals surface area contributed by atoms with Gasteiger partial charge < -0.3 is 20.1 Å². The maximum absolute atomic E-state index is 10.3. The molecule has 29 heavy (non-hydrogen) atoms. The van der Waals surface area contributed by atoms with Crippen LogP contribution in [0.15, 0.2) is 54.6 Å². The summed E-state index contributed by atoms with van der Waals surface area (Å²) in [6, 6.07) is 18.9. The molecular formula is C24H33N3O2. The lowest BCUT2D eigenvalue weighted by Gasteiger charge is -2.33. The topological polar surface area (TPSA) is 48.0 Å². The predicted molar refractivity (Wildman–Crippen MR) is 116 cm³/mol. The number of benzene rings is 2. The second-order valence-electron chi connectivity index (χ2n) is 8.51. The van der Waals surface area contributed by atoms with Gasteiger partial charge in [0.1, 0.15) is 18.5 Å². The number of piperazine rings is 1. The van der Waals surface area contributed by atoms with E-state index in [2.05, 4.69) is 64.6 Å². The summed E-state index contributed by atoms with van der Waals surface area (Å²) in [7, 11) is 2.14. The summed E-state index contributed by atoms with van der Waals surface area (Å²) in [5, 5.41) is 14.0. The number of hydrogen-bond donors (Lipinski definition) is 2. The summed E-state index contributed by atoms with van der Waals surface area (Å²) >= 11 is 0. The van der Waals surface area contributed by atoms with Gasteiger partial charge in [-0.1, -0.05) is 42.5 Å². The molecule has 2 fully saturated rings. The molecule has 0 amide bonds. The normalized spacial score (nSPS) is 20.3. The zero-order chi connectivity index (χ0) is 20.1. The van der Waals surface area contributed by atoms with Gasteiger partial charge in [0.2, 0.25) is 0 Å². The minimum absolute atomic E-state index is 0.157. The highest BCUT2D eigenvalue weighted by molar-refractivity contribution is 5.31. The number of nitrogens with one attached hydrogen (secondary N) is 1. The lowest BCUT2D eigenvalue weighted by atomic mass is 10.0. The standard InChI is InChI=1S/C24H33N3O2/c1-26-13-15-27(16-14-26)18-22(28)19-29-23-9-7-20(8-10-23)17-25-24(11-12-24)21-5-3-2-4-6-21/h2-10,22,25,28H,11-19H2,1H3. The van der Waals surface area contributed by atoms with Crippen LogP contribution in [-0.4, -0.2) is 67.4 Å². The van der Waals surface area contributed by atoms with E-state index < -0.39 is 6.10 Å². The molecule has 5 nitrogen and oxygen atoms in total. The van der Waals surface area contributed by atoms with Crippen molar-refractivity contribution in [3.63, 3.8) is 0 Å². The number of nitrogens with zero attached hydrogens (tertiary/aromatic N) is 2. The fourth-order valence-corrected chi connectivity index (χ4v) is 4.00. The zero-order valence-corrected chi connectivity index (χ0v) is 17.4. The van der Waals surface area contributed by atoms with Crippen molar-refractivity contribution in [3.05, 3.63) is 65.7 Å². The number of aliphatic hydroxyl groups excluding tert-OH is 1. The Kier molecular flexibility index (Phi) is 6.50. The van der Waals surface area contributed by atoms with Gasteiger partial charge in [-0.15, -0.1) is 0 Å².